The Bertz CT molecular complexity index is 1950. The van der Waals surface area contributed by atoms with Gasteiger partial charge in [-0.1, -0.05) is 65.0 Å². The number of hydrogen-bond donors (Lipinski definition) is 1. The molecule has 4 aliphatic rings. The van der Waals surface area contributed by atoms with E-state index < -0.39 is 0 Å². The summed E-state index contributed by atoms with van der Waals surface area (Å²) < 4.78 is 32.5. The van der Waals surface area contributed by atoms with Crippen LogP contribution in [0.15, 0.2) is 121 Å². The van der Waals surface area contributed by atoms with Crippen molar-refractivity contribution >= 4 is 40.2 Å². The van der Waals surface area contributed by atoms with E-state index in [1.807, 2.05) is 84.9 Å². The summed E-state index contributed by atoms with van der Waals surface area (Å²) in [5.74, 6) is 5.67. The molecule has 9 nitrogen and oxygen atoms in total. The van der Waals surface area contributed by atoms with Gasteiger partial charge in [0.1, 0.15) is 0 Å². The van der Waals surface area contributed by atoms with Gasteiger partial charge in [-0.05, 0) is 121 Å². The number of nitrogens with zero attached hydrogens (tertiary/aromatic N) is 2. The van der Waals surface area contributed by atoms with Gasteiger partial charge >= 0.3 is 0 Å². The minimum absolute atomic E-state index is 0.312. The molecule has 1 fully saturated rings. The molecule has 1 saturated heterocycles. The van der Waals surface area contributed by atoms with Gasteiger partial charge in [0.15, 0.2) is 34.5 Å². The Morgan fingerprint density at radius 3 is 1.54 bits per heavy atom. The molecule has 0 spiro atoms. The molecule has 0 aliphatic carbocycles. The molecule has 0 unspecified atom stereocenters. The number of piperidine rings is 1. The van der Waals surface area contributed by atoms with E-state index in [2.05, 4.69) is 56.0 Å². The van der Waals surface area contributed by atoms with Gasteiger partial charge in [-0.2, -0.15) is 0 Å². The number of fused-ring (bicyclic) bond motifs is 3. The Kier molecular flexibility index (Phi) is 13.3. The summed E-state index contributed by atoms with van der Waals surface area (Å²) in [6, 6.07) is 25.4. The molecule has 3 aromatic carbocycles. The Morgan fingerprint density at radius 1 is 0.538 bits per heavy atom. The second-order valence-corrected chi connectivity index (χ2v) is 12.7. The first kappa shape index (κ1) is 36.2. The lowest BCUT2D eigenvalue weighted by Crippen LogP contribution is -2.26. The Labute approximate surface area is 312 Å². The highest BCUT2D eigenvalue weighted by atomic mass is 79.9. The van der Waals surface area contributed by atoms with Crippen LogP contribution in [0.3, 0.4) is 0 Å². The zero-order valence-corrected chi connectivity index (χ0v) is 30.2. The van der Waals surface area contributed by atoms with Crippen LogP contribution < -0.4 is 33.7 Å². The number of pyridine rings is 2. The molecule has 10 heteroatoms. The molecule has 52 heavy (non-hydrogen) atoms. The first-order valence-electron chi connectivity index (χ1n) is 17.0. The molecule has 1 N–H and O–H groups in total. The summed E-state index contributed by atoms with van der Waals surface area (Å²) in [4.78, 5) is 7.82. The van der Waals surface area contributed by atoms with E-state index in [1.165, 1.54) is 18.4 Å². The van der Waals surface area contributed by atoms with Gasteiger partial charge in [-0.3, -0.25) is 9.97 Å². The maximum Gasteiger partial charge on any atom is 0.231 e. The zero-order valence-electron chi connectivity index (χ0n) is 28.7. The highest BCUT2D eigenvalue weighted by Crippen LogP contribution is 2.35. The molecule has 0 amide bonds. The second-order valence-electron chi connectivity index (χ2n) is 11.8. The SMILES string of the molecule is Brc1ccc2c(c1)OCO2.C(=C\C1CCNCC1)/c1ccc2c(c1)OCO2.C(=C\c1ccc2c(c1)OCO2)/c1ccncc1.C=Cc1ccncc1. The zero-order chi connectivity index (χ0) is 35.8. The number of halogens is 1. The van der Waals surface area contributed by atoms with Crippen molar-refractivity contribution in [3.05, 3.63) is 143 Å². The number of benzene rings is 3. The molecule has 4 aliphatic heterocycles. The van der Waals surface area contributed by atoms with E-state index in [-0.39, 0.29) is 0 Å². The number of aromatic nitrogens is 2. The van der Waals surface area contributed by atoms with Crippen LogP contribution in [0.25, 0.3) is 24.3 Å². The number of hydrogen-bond acceptors (Lipinski definition) is 9. The van der Waals surface area contributed by atoms with Gasteiger partial charge in [0.2, 0.25) is 20.4 Å². The molecule has 0 bridgehead atoms. The fourth-order valence-electron chi connectivity index (χ4n) is 5.35. The highest BCUT2D eigenvalue weighted by Gasteiger charge is 2.14. The first-order valence-corrected chi connectivity index (χ1v) is 17.8. The summed E-state index contributed by atoms with van der Waals surface area (Å²) in [6.07, 6.45) is 19.9. The van der Waals surface area contributed by atoms with Gasteiger partial charge in [0, 0.05) is 29.3 Å². The number of nitrogens with one attached hydrogen (secondary N) is 1. The molecule has 6 heterocycles. The average Bonchev–Trinajstić information content (AvgIpc) is 3.99. The lowest BCUT2D eigenvalue weighted by Gasteiger charge is -2.19. The maximum absolute atomic E-state index is 5.36. The van der Waals surface area contributed by atoms with Crippen LogP contribution in [0.1, 0.15) is 35.1 Å². The number of ether oxygens (including phenoxy) is 6. The predicted molar refractivity (Wildman–Crippen MR) is 208 cm³/mol. The van der Waals surface area contributed by atoms with Gasteiger partial charge < -0.3 is 33.7 Å². The summed E-state index contributed by atoms with van der Waals surface area (Å²) in [7, 11) is 0. The van der Waals surface area contributed by atoms with Gasteiger partial charge in [0.25, 0.3) is 0 Å². The minimum atomic E-state index is 0.312. The van der Waals surface area contributed by atoms with E-state index in [0.29, 0.717) is 26.3 Å². The average molecular weight is 763 g/mol. The van der Waals surface area contributed by atoms with Crippen molar-refractivity contribution in [1.82, 2.24) is 15.3 Å². The summed E-state index contributed by atoms with van der Waals surface area (Å²) in [6.45, 7) is 6.87. The quantitative estimate of drug-likeness (QED) is 0.188. The van der Waals surface area contributed by atoms with Crippen LogP contribution >= 0.6 is 15.9 Å². The minimum Gasteiger partial charge on any atom is -0.454 e. The third kappa shape index (κ3) is 11.0. The molecule has 9 rings (SSSR count). The Balaban J connectivity index is 0.000000125. The van der Waals surface area contributed by atoms with Crippen LogP contribution in [0, 0.1) is 5.92 Å². The fourth-order valence-corrected chi connectivity index (χ4v) is 5.69. The van der Waals surface area contributed by atoms with Crippen molar-refractivity contribution in [2.24, 2.45) is 5.92 Å². The van der Waals surface area contributed by atoms with Gasteiger partial charge in [-0.25, -0.2) is 0 Å². The van der Waals surface area contributed by atoms with Crippen LogP contribution in [0.5, 0.6) is 34.5 Å². The monoisotopic (exact) mass is 761 g/mol. The van der Waals surface area contributed by atoms with Crippen LogP contribution in [0.2, 0.25) is 0 Å². The topological polar surface area (TPSA) is 93.2 Å². The van der Waals surface area contributed by atoms with E-state index in [9.17, 15) is 0 Å². The third-order valence-electron chi connectivity index (χ3n) is 8.19. The van der Waals surface area contributed by atoms with Gasteiger partial charge in [-0.15, -0.1) is 0 Å². The lowest BCUT2D eigenvalue weighted by molar-refractivity contribution is 0.173. The van der Waals surface area contributed by atoms with Crippen LogP contribution in [-0.2, 0) is 0 Å². The highest BCUT2D eigenvalue weighted by molar-refractivity contribution is 9.10. The first-order chi connectivity index (χ1) is 25.6. The Morgan fingerprint density at radius 2 is 1.00 bits per heavy atom. The standard InChI is InChI=1S/C14H17NO2.C14H11NO2.C7H5BrO2.C7H7N/c2*1(11-5-7-15-8-6-11)2-12-3-4-13-14(9-12)17-10-16-13;8-5-1-2-6-7(3-5)10-4-9-6;1-2-7-3-5-8-6-4-7/h1-4,9,11,15H,5-8,10H2;1-9H,10H2;1-3H,4H2;2-6H,1H2/b2*2-1+;;. The van der Waals surface area contributed by atoms with Crippen molar-refractivity contribution in [2.75, 3.05) is 33.5 Å². The summed E-state index contributed by atoms with van der Waals surface area (Å²) in [5.41, 5.74) is 4.51. The fraction of sp³-hybridized carbons (Fsp3) is 0.190. The smallest absolute Gasteiger partial charge is 0.231 e. The molecular formula is C42H40BrN3O6. The number of rotatable bonds is 5. The van der Waals surface area contributed by atoms with Crippen molar-refractivity contribution in [3.8, 4) is 34.5 Å². The molecule has 0 radical (unpaired) electrons. The maximum atomic E-state index is 5.36. The molecule has 5 aromatic rings. The van der Waals surface area contributed by atoms with Crippen molar-refractivity contribution in [3.63, 3.8) is 0 Å². The van der Waals surface area contributed by atoms with Crippen molar-refractivity contribution in [1.29, 1.82) is 0 Å². The molecule has 2 aromatic heterocycles. The third-order valence-corrected chi connectivity index (χ3v) is 8.68. The number of allylic oxidation sites excluding steroid dienone is 1. The largest absolute Gasteiger partial charge is 0.454 e. The van der Waals surface area contributed by atoms with Gasteiger partial charge in [0.05, 0.1) is 0 Å². The van der Waals surface area contributed by atoms with Crippen molar-refractivity contribution < 1.29 is 28.4 Å². The van der Waals surface area contributed by atoms with E-state index in [4.69, 9.17) is 28.4 Å². The van der Waals surface area contributed by atoms with Crippen molar-refractivity contribution in [2.45, 2.75) is 12.8 Å². The lowest BCUT2D eigenvalue weighted by atomic mass is 9.97. The molecule has 0 atom stereocenters. The van der Waals surface area contributed by atoms with E-state index in [1.54, 1.807) is 30.9 Å². The molecule has 266 valence electrons. The molecular weight excluding hydrogens is 722 g/mol. The van der Waals surface area contributed by atoms with Crippen LogP contribution in [0.4, 0.5) is 0 Å². The normalized spacial score (nSPS) is 14.8. The Hall–Kier alpha value is -5.58. The van der Waals surface area contributed by atoms with Crippen LogP contribution in [-0.4, -0.2) is 43.4 Å². The van der Waals surface area contributed by atoms with E-state index >= 15 is 0 Å². The second kappa shape index (κ2) is 19.1. The summed E-state index contributed by atoms with van der Waals surface area (Å²) >= 11 is 3.33. The molecule has 0 saturated carbocycles. The van der Waals surface area contributed by atoms with E-state index in [0.717, 1.165) is 68.7 Å². The summed E-state index contributed by atoms with van der Waals surface area (Å²) in [5, 5.41) is 3.38. The predicted octanol–water partition coefficient (Wildman–Crippen LogP) is 9.31.